The second-order valence-corrected chi connectivity index (χ2v) is 5.11. The van der Waals surface area contributed by atoms with Crippen LogP contribution < -0.4 is 10.1 Å². The van der Waals surface area contributed by atoms with Crippen LogP contribution in [0.3, 0.4) is 0 Å². The molecule has 6 heteroatoms. The maximum atomic E-state index is 5.62. The highest BCUT2D eigenvalue weighted by Crippen LogP contribution is 2.19. The van der Waals surface area contributed by atoms with Gasteiger partial charge in [0, 0.05) is 26.2 Å². The van der Waals surface area contributed by atoms with E-state index >= 15 is 0 Å². The molecule has 2 aromatic rings. The summed E-state index contributed by atoms with van der Waals surface area (Å²) >= 11 is 0. The summed E-state index contributed by atoms with van der Waals surface area (Å²) in [6.07, 6.45) is 0. The van der Waals surface area contributed by atoms with Gasteiger partial charge in [0.2, 0.25) is 11.7 Å². The van der Waals surface area contributed by atoms with Gasteiger partial charge in [-0.3, -0.25) is 4.90 Å². The Kier molecular flexibility index (Phi) is 4.47. The van der Waals surface area contributed by atoms with Crippen molar-refractivity contribution in [3.63, 3.8) is 0 Å². The Morgan fingerprint density at radius 1 is 1.29 bits per heavy atom. The monoisotopic (exact) mass is 288 g/mol. The third-order valence-electron chi connectivity index (χ3n) is 3.65. The fourth-order valence-electron chi connectivity index (χ4n) is 2.39. The van der Waals surface area contributed by atoms with E-state index in [-0.39, 0.29) is 6.04 Å². The molecule has 1 fully saturated rings. The van der Waals surface area contributed by atoms with Gasteiger partial charge in [-0.2, -0.15) is 4.98 Å². The van der Waals surface area contributed by atoms with E-state index in [1.807, 2.05) is 30.3 Å². The number of benzene rings is 1. The summed E-state index contributed by atoms with van der Waals surface area (Å²) < 4.78 is 11.0. The minimum absolute atomic E-state index is 0.144. The van der Waals surface area contributed by atoms with Gasteiger partial charge in [-0.25, -0.2) is 0 Å². The first-order valence-corrected chi connectivity index (χ1v) is 7.28. The van der Waals surface area contributed by atoms with E-state index in [0.717, 1.165) is 31.9 Å². The maximum Gasteiger partial charge on any atom is 0.243 e. The van der Waals surface area contributed by atoms with Crippen LogP contribution in [-0.4, -0.2) is 41.2 Å². The van der Waals surface area contributed by atoms with Crippen LogP contribution in [0.5, 0.6) is 5.75 Å². The van der Waals surface area contributed by atoms with Gasteiger partial charge in [0.05, 0.1) is 6.04 Å². The Balaban J connectivity index is 1.58. The lowest BCUT2D eigenvalue weighted by molar-refractivity contribution is 0.154. The molecule has 1 N–H and O–H groups in total. The Morgan fingerprint density at radius 2 is 2.05 bits per heavy atom. The highest BCUT2D eigenvalue weighted by Gasteiger charge is 2.23. The van der Waals surface area contributed by atoms with Crippen LogP contribution >= 0.6 is 0 Å². The minimum atomic E-state index is 0.144. The summed E-state index contributed by atoms with van der Waals surface area (Å²) in [5, 5.41) is 7.33. The second-order valence-electron chi connectivity index (χ2n) is 5.11. The molecule has 1 aromatic carbocycles. The van der Waals surface area contributed by atoms with E-state index in [9.17, 15) is 0 Å². The molecule has 112 valence electrons. The number of aromatic nitrogens is 2. The van der Waals surface area contributed by atoms with Crippen molar-refractivity contribution in [3.05, 3.63) is 42.0 Å². The molecule has 1 saturated heterocycles. The molecular weight excluding hydrogens is 268 g/mol. The zero-order valence-corrected chi connectivity index (χ0v) is 12.2. The summed E-state index contributed by atoms with van der Waals surface area (Å²) in [7, 11) is 0. The van der Waals surface area contributed by atoms with Crippen LogP contribution in [-0.2, 0) is 6.61 Å². The fraction of sp³-hybridized carbons (Fsp3) is 0.467. The quantitative estimate of drug-likeness (QED) is 0.902. The first kappa shape index (κ1) is 14.0. The lowest BCUT2D eigenvalue weighted by Gasteiger charge is -2.30. The first-order chi connectivity index (χ1) is 10.3. The number of hydrogen-bond acceptors (Lipinski definition) is 6. The molecule has 0 aliphatic carbocycles. The van der Waals surface area contributed by atoms with Crippen LogP contribution in [0.2, 0.25) is 0 Å². The molecule has 1 aromatic heterocycles. The van der Waals surface area contributed by atoms with E-state index in [4.69, 9.17) is 9.26 Å². The summed E-state index contributed by atoms with van der Waals surface area (Å²) in [4.78, 5) is 6.77. The molecule has 3 rings (SSSR count). The molecule has 21 heavy (non-hydrogen) atoms. The van der Waals surface area contributed by atoms with Crippen molar-refractivity contribution in [2.45, 2.75) is 19.6 Å². The molecule has 1 aliphatic heterocycles. The third-order valence-corrected chi connectivity index (χ3v) is 3.65. The molecular formula is C15H20N4O2. The Labute approximate surface area is 124 Å². The number of nitrogens with one attached hydrogen (secondary N) is 1. The Hall–Kier alpha value is -1.92. The van der Waals surface area contributed by atoms with E-state index < -0.39 is 0 Å². The first-order valence-electron chi connectivity index (χ1n) is 7.28. The molecule has 0 radical (unpaired) electrons. The van der Waals surface area contributed by atoms with Crippen molar-refractivity contribution in [1.29, 1.82) is 0 Å². The largest absolute Gasteiger partial charge is 0.485 e. The van der Waals surface area contributed by atoms with Gasteiger partial charge >= 0.3 is 0 Å². The predicted molar refractivity (Wildman–Crippen MR) is 77.9 cm³/mol. The molecule has 1 aliphatic rings. The summed E-state index contributed by atoms with van der Waals surface area (Å²) in [5.74, 6) is 2.04. The zero-order valence-electron chi connectivity index (χ0n) is 12.2. The topological polar surface area (TPSA) is 63.4 Å². The second kappa shape index (κ2) is 6.69. The normalized spacial score (nSPS) is 17.6. The van der Waals surface area contributed by atoms with E-state index in [2.05, 4.69) is 27.3 Å². The van der Waals surface area contributed by atoms with E-state index in [0.29, 0.717) is 18.3 Å². The number of nitrogens with zero attached hydrogens (tertiary/aromatic N) is 3. The maximum absolute atomic E-state index is 5.62. The summed E-state index contributed by atoms with van der Waals surface area (Å²) in [6, 6.07) is 9.78. The summed E-state index contributed by atoms with van der Waals surface area (Å²) in [6.45, 7) is 6.42. The van der Waals surface area contributed by atoms with Crippen LogP contribution in [0.25, 0.3) is 0 Å². The molecule has 2 heterocycles. The van der Waals surface area contributed by atoms with Crippen molar-refractivity contribution in [2.75, 3.05) is 26.2 Å². The Bertz CT molecular complexity index is 552. The van der Waals surface area contributed by atoms with Gasteiger partial charge in [-0.05, 0) is 19.1 Å². The van der Waals surface area contributed by atoms with Crippen LogP contribution in [0.4, 0.5) is 0 Å². The van der Waals surface area contributed by atoms with Crippen molar-refractivity contribution >= 4 is 0 Å². The van der Waals surface area contributed by atoms with Gasteiger partial charge in [0.1, 0.15) is 5.75 Å². The average Bonchev–Trinajstić information content (AvgIpc) is 3.03. The molecule has 0 spiro atoms. The highest BCUT2D eigenvalue weighted by atomic mass is 16.5. The molecule has 1 atom stereocenters. The molecule has 0 bridgehead atoms. The molecule has 1 unspecified atom stereocenters. The van der Waals surface area contributed by atoms with Gasteiger partial charge in [0.15, 0.2) is 6.61 Å². The van der Waals surface area contributed by atoms with Crippen molar-refractivity contribution in [1.82, 2.24) is 20.4 Å². The number of ether oxygens (including phenoxy) is 1. The fourth-order valence-corrected chi connectivity index (χ4v) is 2.39. The minimum Gasteiger partial charge on any atom is -0.485 e. The van der Waals surface area contributed by atoms with Gasteiger partial charge in [-0.1, -0.05) is 23.4 Å². The predicted octanol–water partition coefficient (Wildman–Crippen LogP) is 1.61. The number of rotatable bonds is 5. The Morgan fingerprint density at radius 3 is 2.81 bits per heavy atom. The molecule has 0 amide bonds. The number of hydrogen-bond donors (Lipinski definition) is 1. The zero-order chi connectivity index (χ0) is 14.5. The van der Waals surface area contributed by atoms with Crippen molar-refractivity contribution in [2.24, 2.45) is 0 Å². The highest BCUT2D eigenvalue weighted by molar-refractivity contribution is 5.20. The standard InChI is InChI=1S/C15H20N4O2/c1-12(19-9-7-16-8-10-19)15-17-14(18-21-15)11-20-13-5-3-2-4-6-13/h2-6,12,16H,7-11H2,1H3. The van der Waals surface area contributed by atoms with Crippen LogP contribution in [0, 0.1) is 0 Å². The van der Waals surface area contributed by atoms with Crippen LogP contribution in [0.1, 0.15) is 24.7 Å². The van der Waals surface area contributed by atoms with Crippen molar-refractivity contribution in [3.8, 4) is 5.75 Å². The lowest BCUT2D eigenvalue weighted by Crippen LogP contribution is -2.44. The molecule has 6 nitrogen and oxygen atoms in total. The summed E-state index contributed by atoms with van der Waals surface area (Å²) in [5.41, 5.74) is 0. The number of piperazine rings is 1. The lowest BCUT2D eigenvalue weighted by atomic mass is 10.2. The van der Waals surface area contributed by atoms with Gasteiger partial charge < -0.3 is 14.6 Å². The third kappa shape index (κ3) is 3.59. The van der Waals surface area contributed by atoms with Crippen molar-refractivity contribution < 1.29 is 9.26 Å². The van der Waals surface area contributed by atoms with Gasteiger partial charge in [0.25, 0.3) is 0 Å². The van der Waals surface area contributed by atoms with Gasteiger partial charge in [-0.15, -0.1) is 0 Å². The average molecular weight is 288 g/mol. The molecule has 0 saturated carbocycles. The van der Waals surface area contributed by atoms with E-state index in [1.54, 1.807) is 0 Å². The van der Waals surface area contributed by atoms with Crippen LogP contribution in [0.15, 0.2) is 34.9 Å². The smallest absolute Gasteiger partial charge is 0.243 e. The number of para-hydroxylation sites is 1. The SMILES string of the molecule is CC(c1nc(COc2ccccc2)no1)N1CCNCC1. The van der Waals surface area contributed by atoms with E-state index in [1.165, 1.54) is 0 Å².